The summed E-state index contributed by atoms with van der Waals surface area (Å²) in [6, 6.07) is 3.46. The van der Waals surface area contributed by atoms with Crippen LogP contribution in [-0.4, -0.2) is 4.92 Å². The Morgan fingerprint density at radius 1 is 1.57 bits per heavy atom. The monoisotopic (exact) mass is 272 g/mol. The number of rotatable bonds is 1. The van der Waals surface area contributed by atoms with E-state index in [9.17, 15) is 10.1 Å². The van der Waals surface area contributed by atoms with Gasteiger partial charge in [-0.1, -0.05) is 0 Å². The minimum Gasteiger partial charge on any atom is -0.393 e. The summed E-state index contributed by atoms with van der Waals surface area (Å²) in [6.07, 6.45) is 0. The lowest BCUT2D eigenvalue weighted by Crippen LogP contribution is -1.96. The molecular weight excluding hydrogens is 268 g/mol. The Bertz CT molecular complexity index is 523. The Balaban J connectivity index is 2.89. The van der Waals surface area contributed by atoms with Gasteiger partial charge in [-0.3, -0.25) is 10.1 Å². The SMILES string of the molecule is Nc1cc2sccc2c(Br)c1[N+](=O)[O-]. The van der Waals surface area contributed by atoms with E-state index in [0.29, 0.717) is 4.47 Å². The second-order valence-corrected chi connectivity index (χ2v) is 4.46. The Hall–Kier alpha value is -1.14. The molecule has 2 rings (SSSR count). The van der Waals surface area contributed by atoms with Gasteiger partial charge in [0.25, 0.3) is 0 Å². The number of nitrogen functional groups attached to an aromatic ring is 1. The molecule has 0 saturated heterocycles. The number of nitro groups is 1. The minimum atomic E-state index is -0.476. The topological polar surface area (TPSA) is 69.2 Å². The number of anilines is 1. The number of thiophene rings is 1. The van der Waals surface area contributed by atoms with Crippen molar-refractivity contribution in [3.8, 4) is 0 Å². The van der Waals surface area contributed by atoms with Crippen LogP contribution in [0.1, 0.15) is 0 Å². The van der Waals surface area contributed by atoms with Crippen LogP contribution in [0.3, 0.4) is 0 Å². The van der Waals surface area contributed by atoms with Crippen LogP contribution in [0.4, 0.5) is 11.4 Å². The Morgan fingerprint density at radius 2 is 2.29 bits per heavy atom. The zero-order valence-corrected chi connectivity index (χ0v) is 9.26. The summed E-state index contributed by atoms with van der Waals surface area (Å²) in [5, 5.41) is 13.4. The lowest BCUT2D eigenvalue weighted by atomic mass is 10.2. The van der Waals surface area contributed by atoms with Gasteiger partial charge in [-0.05, 0) is 33.4 Å². The van der Waals surface area contributed by atoms with Gasteiger partial charge in [-0.15, -0.1) is 11.3 Å². The maximum Gasteiger partial charge on any atom is 0.306 e. The molecule has 14 heavy (non-hydrogen) atoms. The van der Waals surface area contributed by atoms with Crippen molar-refractivity contribution < 1.29 is 4.92 Å². The molecule has 0 aliphatic rings. The van der Waals surface area contributed by atoms with Crippen molar-refractivity contribution in [1.82, 2.24) is 0 Å². The lowest BCUT2D eigenvalue weighted by Gasteiger charge is -2.00. The smallest absolute Gasteiger partial charge is 0.306 e. The summed E-state index contributed by atoms with van der Waals surface area (Å²) in [6.45, 7) is 0. The maximum atomic E-state index is 10.7. The zero-order chi connectivity index (χ0) is 10.3. The third-order valence-corrected chi connectivity index (χ3v) is 3.55. The van der Waals surface area contributed by atoms with Crippen molar-refractivity contribution in [1.29, 1.82) is 0 Å². The summed E-state index contributed by atoms with van der Waals surface area (Å²) in [7, 11) is 0. The van der Waals surface area contributed by atoms with E-state index >= 15 is 0 Å². The fourth-order valence-corrected chi connectivity index (χ4v) is 2.96. The predicted molar refractivity (Wildman–Crippen MR) is 60.6 cm³/mol. The molecule has 1 aromatic carbocycles. The highest BCUT2D eigenvalue weighted by molar-refractivity contribution is 9.10. The van der Waals surface area contributed by atoms with Crippen molar-refractivity contribution in [3.05, 3.63) is 32.1 Å². The van der Waals surface area contributed by atoms with Gasteiger partial charge in [0.15, 0.2) is 0 Å². The highest BCUT2D eigenvalue weighted by Gasteiger charge is 2.19. The van der Waals surface area contributed by atoms with Crippen molar-refractivity contribution in [2.45, 2.75) is 0 Å². The highest BCUT2D eigenvalue weighted by Crippen LogP contribution is 2.39. The molecule has 0 aliphatic carbocycles. The van der Waals surface area contributed by atoms with E-state index in [-0.39, 0.29) is 11.4 Å². The Labute approximate surface area is 91.6 Å². The molecule has 0 aliphatic heterocycles. The van der Waals surface area contributed by atoms with Crippen molar-refractivity contribution >= 4 is 48.7 Å². The molecule has 2 aromatic rings. The van der Waals surface area contributed by atoms with Crippen LogP contribution < -0.4 is 5.73 Å². The molecule has 0 amide bonds. The van der Waals surface area contributed by atoms with E-state index in [1.807, 2.05) is 11.4 Å². The first-order valence-corrected chi connectivity index (χ1v) is 5.38. The summed E-state index contributed by atoms with van der Waals surface area (Å²) < 4.78 is 1.40. The molecule has 0 unspecified atom stereocenters. The molecule has 0 bridgehead atoms. The summed E-state index contributed by atoms with van der Waals surface area (Å²) in [5.41, 5.74) is 5.71. The van der Waals surface area contributed by atoms with E-state index in [1.54, 1.807) is 6.07 Å². The van der Waals surface area contributed by atoms with E-state index in [0.717, 1.165) is 10.1 Å². The van der Waals surface area contributed by atoms with Crippen LogP contribution in [-0.2, 0) is 0 Å². The first-order chi connectivity index (χ1) is 6.61. The molecular formula is C8H5BrN2O2S. The first-order valence-electron chi connectivity index (χ1n) is 3.71. The number of nitrogens with two attached hydrogens (primary N) is 1. The van der Waals surface area contributed by atoms with Gasteiger partial charge in [0.2, 0.25) is 0 Å². The summed E-state index contributed by atoms with van der Waals surface area (Å²) >= 11 is 4.70. The van der Waals surface area contributed by atoms with Gasteiger partial charge in [0.05, 0.1) is 4.92 Å². The highest BCUT2D eigenvalue weighted by atomic mass is 79.9. The molecule has 1 heterocycles. The molecule has 6 heteroatoms. The van der Waals surface area contributed by atoms with Gasteiger partial charge in [0.1, 0.15) is 10.2 Å². The van der Waals surface area contributed by atoms with Crippen molar-refractivity contribution in [2.75, 3.05) is 5.73 Å². The Kier molecular flexibility index (Phi) is 2.16. The number of fused-ring (bicyclic) bond motifs is 1. The van der Waals surface area contributed by atoms with E-state index in [1.165, 1.54) is 11.3 Å². The van der Waals surface area contributed by atoms with Crippen LogP contribution in [0.15, 0.2) is 22.0 Å². The molecule has 0 spiro atoms. The maximum absolute atomic E-state index is 10.7. The number of halogens is 1. The molecule has 0 atom stereocenters. The molecule has 2 N–H and O–H groups in total. The minimum absolute atomic E-state index is 0.0594. The van der Waals surface area contributed by atoms with Gasteiger partial charge in [0, 0.05) is 10.1 Å². The van der Waals surface area contributed by atoms with Crippen LogP contribution >= 0.6 is 27.3 Å². The summed E-state index contributed by atoms with van der Waals surface area (Å²) in [5.74, 6) is 0. The number of nitrogens with zero attached hydrogens (tertiary/aromatic N) is 1. The van der Waals surface area contributed by atoms with E-state index < -0.39 is 4.92 Å². The molecule has 0 saturated carbocycles. The van der Waals surface area contributed by atoms with Crippen molar-refractivity contribution in [2.24, 2.45) is 0 Å². The molecule has 0 fully saturated rings. The fraction of sp³-hybridized carbons (Fsp3) is 0. The Morgan fingerprint density at radius 3 is 2.93 bits per heavy atom. The molecule has 4 nitrogen and oxygen atoms in total. The number of benzene rings is 1. The quantitative estimate of drug-likeness (QED) is 0.493. The van der Waals surface area contributed by atoms with Crippen LogP contribution in [0.5, 0.6) is 0 Å². The van der Waals surface area contributed by atoms with Crippen molar-refractivity contribution in [3.63, 3.8) is 0 Å². The van der Waals surface area contributed by atoms with E-state index in [2.05, 4.69) is 15.9 Å². The lowest BCUT2D eigenvalue weighted by molar-refractivity contribution is -0.384. The van der Waals surface area contributed by atoms with Gasteiger partial charge in [-0.25, -0.2) is 0 Å². The van der Waals surface area contributed by atoms with E-state index in [4.69, 9.17) is 5.73 Å². The third-order valence-electron chi connectivity index (χ3n) is 1.88. The number of hydrogen-bond acceptors (Lipinski definition) is 4. The summed E-state index contributed by atoms with van der Waals surface area (Å²) in [4.78, 5) is 10.2. The fourth-order valence-electron chi connectivity index (χ4n) is 1.26. The number of nitro benzene ring substituents is 1. The van der Waals surface area contributed by atoms with Gasteiger partial charge in [-0.2, -0.15) is 0 Å². The standard InChI is InChI=1S/C8H5BrN2O2S/c9-7-4-1-2-14-6(4)3-5(10)8(7)11(12)13/h1-3H,10H2. The predicted octanol–water partition coefficient (Wildman–Crippen LogP) is 3.15. The first kappa shape index (κ1) is 9.42. The van der Waals surface area contributed by atoms with Gasteiger partial charge >= 0.3 is 5.69 Å². The second-order valence-electron chi connectivity index (χ2n) is 2.72. The average Bonchev–Trinajstić information content (AvgIpc) is 2.50. The van der Waals surface area contributed by atoms with Gasteiger partial charge < -0.3 is 5.73 Å². The molecule has 0 radical (unpaired) electrons. The largest absolute Gasteiger partial charge is 0.393 e. The average molecular weight is 273 g/mol. The van der Waals surface area contributed by atoms with Crippen LogP contribution in [0, 0.1) is 10.1 Å². The number of hydrogen-bond donors (Lipinski definition) is 1. The van der Waals surface area contributed by atoms with Crippen LogP contribution in [0.2, 0.25) is 0 Å². The second kappa shape index (κ2) is 3.21. The molecule has 1 aromatic heterocycles. The molecule has 72 valence electrons. The zero-order valence-electron chi connectivity index (χ0n) is 6.86. The normalized spacial score (nSPS) is 10.6. The van der Waals surface area contributed by atoms with Crippen LogP contribution in [0.25, 0.3) is 10.1 Å². The third kappa shape index (κ3) is 1.27.